The van der Waals surface area contributed by atoms with Crippen LogP contribution in [0.15, 0.2) is 67.4 Å². The predicted octanol–water partition coefficient (Wildman–Crippen LogP) is 3.17. The number of rotatable bonds is 5. The number of fused-ring (bicyclic) bond motifs is 1. The highest BCUT2D eigenvalue weighted by Crippen LogP contribution is 2.19. The first-order valence-corrected chi connectivity index (χ1v) is 8.50. The quantitative estimate of drug-likeness (QED) is 0.583. The van der Waals surface area contributed by atoms with Crippen LogP contribution in [0.1, 0.15) is 24.1 Å². The summed E-state index contributed by atoms with van der Waals surface area (Å²) in [6.07, 6.45) is 5.41. The van der Waals surface area contributed by atoms with Crippen molar-refractivity contribution in [3.63, 3.8) is 0 Å². The number of para-hydroxylation sites is 1. The summed E-state index contributed by atoms with van der Waals surface area (Å²) in [5.41, 5.74) is 4.03. The van der Waals surface area contributed by atoms with Crippen LogP contribution in [0.2, 0.25) is 0 Å². The van der Waals surface area contributed by atoms with Crippen molar-refractivity contribution in [1.82, 2.24) is 25.1 Å². The number of nitrogens with one attached hydrogen (secondary N) is 2. The van der Waals surface area contributed by atoms with Crippen molar-refractivity contribution in [2.24, 2.45) is 0 Å². The van der Waals surface area contributed by atoms with Gasteiger partial charge in [-0.05, 0) is 36.2 Å². The number of carbonyl (C=O) groups excluding carboxylic acids is 1. The van der Waals surface area contributed by atoms with Crippen molar-refractivity contribution in [2.75, 3.05) is 0 Å². The third-order valence-corrected chi connectivity index (χ3v) is 4.48. The number of aromatic amines is 1. The first-order valence-electron chi connectivity index (χ1n) is 8.50. The van der Waals surface area contributed by atoms with Crippen LogP contribution >= 0.6 is 0 Å². The maximum atomic E-state index is 12.4. The molecule has 1 atom stereocenters. The van der Waals surface area contributed by atoms with Crippen molar-refractivity contribution in [1.29, 1.82) is 0 Å². The van der Waals surface area contributed by atoms with Crippen LogP contribution in [0.25, 0.3) is 16.6 Å². The van der Waals surface area contributed by atoms with Crippen molar-refractivity contribution in [3.05, 3.63) is 78.5 Å². The lowest BCUT2D eigenvalue weighted by Gasteiger charge is -2.15. The molecule has 130 valence electrons. The van der Waals surface area contributed by atoms with E-state index in [1.165, 1.54) is 6.33 Å². The molecule has 6 heteroatoms. The van der Waals surface area contributed by atoms with Crippen molar-refractivity contribution < 1.29 is 4.79 Å². The average Bonchev–Trinajstić information content (AvgIpc) is 3.32. The van der Waals surface area contributed by atoms with E-state index in [2.05, 4.69) is 20.4 Å². The maximum Gasteiger partial charge on any atom is 0.224 e. The highest BCUT2D eigenvalue weighted by molar-refractivity contribution is 5.88. The van der Waals surface area contributed by atoms with E-state index in [1.54, 1.807) is 11.0 Å². The highest BCUT2D eigenvalue weighted by atomic mass is 16.1. The number of benzene rings is 2. The van der Waals surface area contributed by atoms with Gasteiger partial charge < -0.3 is 10.3 Å². The van der Waals surface area contributed by atoms with E-state index in [-0.39, 0.29) is 11.9 Å². The maximum absolute atomic E-state index is 12.4. The van der Waals surface area contributed by atoms with Gasteiger partial charge in [0.1, 0.15) is 12.7 Å². The summed E-state index contributed by atoms with van der Waals surface area (Å²) in [7, 11) is 0. The van der Waals surface area contributed by atoms with Gasteiger partial charge in [-0.15, -0.1) is 0 Å². The summed E-state index contributed by atoms with van der Waals surface area (Å²) in [5.74, 6) is 0.00241. The lowest BCUT2D eigenvalue weighted by molar-refractivity contribution is -0.121. The summed E-state index contributed by atoms with van der Waals surface area (Å²) in [6, 6.07) is 15.8. The SMILES string of the molecule is CC(NC(=O)Cc1c[nH]c2ccccc12)c1ccc(-n2cncn2)cc1. The van der Waals surface area contributed by atoms with E-state index in [9.17, 15) is 4.79 Å². The molecule has 2 N–H and O–H groups in total. The number of H-pyrrole nitrogens is 1. The zero-order valence-electron chi connectivity index (χ0n) is 14.4. The smallest absolute Gasteiger partial charge is 0.224 e. The van der Waals surface area contributed by atoms with Crippen LogP contribution < -0.4 is 5.32 Å². The molecule has 2 aromatic heterocycles. The fraction of sp³-hybridized carbons (Fsp3) is 0.150. The van der Waals surface area contributed by atoms with Crippen LogP contribution in [0.4, 0.5) is 0 Å². The Kier molecular flexibility index (Phi) is 4.23. The zero-order chi connectivity index (χ0) is 17.9. The van der Waals surface area contributed by atoms with Gasteiger partial charge in [-0.3, -0.25) is 4.79 Å². The predicted molar refractivity (Wildman–Crippen MR) is 99.9 cm³/mol. The number of hydrogen-bond acceptors (Lipinski definition) is 3. The molecular formula is C20H19N5O. The molecule has 2 heterocycles. The van der Waals surface area contributed by atoms with Crippen LogP contribution in [0, 0.1) is 0 Å². The largest absolute Gasteiger partial charge is 0.361 e. The molecular weight excluding hydrogens is 326 g/mol. The van der Waals surface area contributed by atoms with Gasteiger partial charge in [-0.2, -0.15) is 5.10 Å². The van der Waals surface area contributed by atoms with E-state index in [0.29, 0.717) is 6.42 Å². The summed E-state index contributed by atoms with van der Waals surface area (Å²) in [6.45, 7) is 1.98. The topological polar surface area (TPSA) is 75.6 Å². The minimum absolute atomic E-state index is 0.00241. The minimum Gasteiger partial charge on any atom is -0.361 e. The van der Waals surface area contributed by atoms with E-state index < -0.39 is 0 Å². The number of carbonyl (C=O) groups is 1. The van der Waals surface area contributed by atoms with Gasteiger partial charge in [-0.25, -0.2) is 9.67 Å². The molecule has 0 spiro atoms. The van der Waals surface area contributed by atoms with Gasteiger partial charge in [0.15, 0.2) is 0 Å². The molecule has 0 saturated heterocycles. The van der Waals surface area contributed by atoms with Crippen LogP contribution in [0.3, 0.4) is 0 Å². The molecule has 26 heavy (non-hydrogen) atoms. The van der Waals surface area contributed by atoms with Crippen molar-refractivity contribution >= 4 is 16.8 Å². The Morgan fingerprint density at radius 3 is 2.77 bits per heavy atom. The Bertz CT molecular complexity index is 1020. The second kappa shape index (κ2) is 6.84. The summed E-state index contributed by atoms with van der Waals surface area (Å²) >= 11 is 0. The van der Waals surface area contributed by atoms with Crippen LogP contribution in [-0.4, -0.2) is 25.7 Å². The Labute approximate surface area is 150 Å². The molecule has 0 aliphatic heterocycles. The fourth-order valence-corrected chi connectivity index (χ4v) is 3.08. The molecule has 0 fully saturated rings. The molecule has 0 saturated carbocycles. The highest BCUT2D eigenvalue weighted by Gasteiger charge is 2.12. The number of aromatic nitrogens is 4. The summed E-state index contributed by atoms with van der Waals surface area (Å²) < 4.78 is 1.70. The molecule has 1 unspecified atom stereocenters. The van der Waals surface area contributed by atoms with Gasteiger partial charge >= 0.3 is 0 Å². The van der Waals surface area contributed by atoms with Gasteiger partial charge in [0.05, 0.1) is 18.2 Å². The zero-order valence-corrected chi connectivity index (χ0v) is 14.4. The Morgan fingerprint density at radius 1 is 1.19 bits per heavy atom. The first kappa shape index (κ1) is 16.1. The van der Waals surface area contributed by atoms with Gasteiger partial charge in [0.25, 0.3) is 0 Å². The molecule has 1 amide bonds. The van der Waals surface area contributed by atoms with E-state index in [0.717, 1.165) is 27.7 Å². The second-order valence-corrected chi connectivity index (χ2v) is 6.26. The lowest BCUT2D eigenvalue weighted by Crippen LogP contribution is -2.28. The Hall–Kier alpha value is -3.41. The molecule has 6 nitrogen and oxygen atoms in total. The normalized spacial score (nSPS) is 12.2. The van der Waals surface area contributed by atoms with Gasteiger partial charge in [0, 0.05) is 17.1 Å². The molecule has 0 aliphatic rings. The molecule has 4 rings (SSSR count). The van der Waals surface area contributed by atoms with Crippen molar-refractivity contribution in [3.8, 4) is 5.69 Å². The van der Waals surface area contributed by atoms with Crippen LogP contribution in [0.5, 0.6) is 0 Å². The number of nitrogens with zero attached hydrogens (tertiary/aromatic N) is 3. The summed E-state index contributed by atoms with van der Waals surface area (Å²) in [4.78, 5) is 19.6. The lowest BCUT2D eigenvalue weighted by atomic mass is 10.1. The molecule has 0 aliphatic carbocycles. The van der Waals surface area contributed by atoms with E-state index >= 15 is 0 Å². The molecule has 4 aromatic rings. The Balaban J connectivity index is 1.42. The van der Waals surface area contributed by atoms with Gasteiger partial charge in [-0.1, -0.05) is 30.3 Å². The molecule has 0 radical (unpaired) electrons. The third-order valence-electron chi connectivity index (χ3n) is 4.48. The standard InChI is InChI=1S/C20H19N5O/c1-14(15-6-8-17(9-7-15)25-13-21-12-23-25)24-20(26)10-16-11-22-19-5-3-2-4-18(16)19/h2-9,11-14,22H,10H2,1H3,(H,24,26). The second-order valence-electron chi connectivity index (χ2n) is 6.26. The van der Waals surface area contributed by atoms with Crippen molar-refractivity contribution in [2.45, 2.75) is 19.4 Å². The number of hydrogen-bond donors (Lipinski definition) is 2. The fourth-order valence-electron chi connectivity index (χ4n) is 3.08. The monoisotopic (exact) mass is 345 g/mol. The van der Waals surface area contributed by atoms with E-state index in [4.69, 9.17) is 0 Å². The number of amides is 1. The van der Waals surface area contributed by atoms with Crippen LogP contribution in [-0.2, 0) is 11.2 Å². The Morgan fingerprint density at radius 2 is 2.00 bits per heavy atom. The third kappa shape index (κ3) is 3.21. The first-order chi connectivity index (χ1) is 12.7. The average molecular weight is 345 g/mol. The summed E-state index contributed by atoms with van der Waals surface area (Å²) in [5, 5.41) is 8.26. The minimum atomic E-state index is -0.0718. The molecule has 2 aromatic carbocycles. The molecule has 0 bridgehead atoms. The van der Waals surface area contributed by atoms with E-state index in [1.807, 2.05) is 61.7 Å². The van der Waals surface area contributed by atoms with Gasteiger partial charge in [0.2, 0.25) is 5.91 Å².